The van der Waals surface area contributed by atoms with Gasteiger partial charge in [-0.15, -0.1) is 0 Å². The van der Waals surface area contributed by atoms with E-state index in [1.54, 1.807) is 29.4 Å². The van der Waals surface area contributed by atoms with Gasteiger partial charge in [0.05, 0.1) is 4.90 Å². The Bertz CT molecular complexity index is 563. The van der Waals surface area contributed by atoms with Gasteiger partial charge >= 0.3 is 0 Å². The molecule has 112 valence electrons. The summed E-state index contributed by atoms with van der Waals surface area (Å²) in [6, 6.07) is 5.25. The maximum atomic E-state index is 12.9. The van der Waals surface area contributed by atoms with Crippen LogP contribution in [-0.4, -0.2) is 25.3 Å². The number of nitrogens with zero attached hydrogens (tertiary/aromatic N) is 1. The molecule has 20 heavy (non-hydrogen) atoms. The number of sulfonamides is 1. The van der Waals surface area contributed by atoms with Crippen molar-refractivity contribution in [2.24, 2.45) is 0 Å². The third kappa shape index (κ3) is 2.83. The van der Waals surface area contributed by atoms with Crippen LogP contribution in [0.3, 0.4) is 0 Å². The van der Waals surface area contributed by atoms with Gasteiger partial charge in [0.25, 0.3) is 0 Å². The van der Waals surface area contributed by atoms with E-state index in [0.29, 0.717) is 22.7 Å². The van der Waals surface area contributed by atoms with Crippen molar-refractivity contribution in [3.05, 3.63) is 23.8 Å². The van der Waals surface area contributed by atoms with Crippen LogP contribution in [0.15, 0.2) is 23.1 Å². The Morgan fingerprint density at radius 2 is 1.90 bits per heavy atom. The van der Waals surface area contributed by atoms with Crippen LogP contribution < -0.4 is 5.73 Å². The normalized spacial score (nSPS) is 17.6. The molecule has 5 heteroatoms. The lowest BCUT2D eigenvalue weighted by atomic mass is 9.95. The third-order valence-corrected chi connectivity index (χ3v) is 6.38. The third-order valence-electron chi connectivity index (χ3n) is 4.21. The maximum Gasteiger partial charge on any atom is 0.243 e. The zero-order valence-corrected chi connectivity index (χ0v) is 13.1. The molecule has 1 aromatic rings. The lowest BCUT2D eigenvalue weighted by Crippen LogP contribution is -2.41. The first-order valence-corrected chi connectivity index (χ1v) is 8.79. The quantitative estimate of drug-likeness (QED) is 0.869. The summed E-state index contributed by atoms with van der Waals surface area (Å²) in [5.74, 6) is 0. The summed E-state index contributed by atoms with van der Waals surface area (Å²) in [4.78, 5) is 0.352. The minimum Gasteiger partial charge on any atom is -0.398 e. The topological polar surface area (TPSA) is 63.4 Å². The van der Waals surface area contributed by atoms with Crippen LogP contribution in [0.2, 0.25) is 0 Å². The van der Waals surface area contributed by atoms with Crippen molar-refractivity contribution in [2.45, 2.75) is 56.9 Å². The molecule has 0 bridgehead atoms. The van der Waals surface area contributed by atoms with Gasteiger partial charge in [0, 0.05) is 18.3 Å². The molecule has 1 aliphatic carbocycles. The molecule has 0 heterocycles. The van der Waals surface area contributed by atoms with Gasteiger partial charge in [0.2, 0.25) is 10.0 Å². The van der Waals surface area contributed by atoms with Crippen molar-refractivity contribution in [3.63, 3.8) is 0 Å². The molecule has 4 nitrogen and oxygen atoms in total. The van der Waals surface area contributed by atoms with Gasteiger partial charge in [-0.2, -0.15) is 4.31 Å². The highest BCUT2D eigenvalue weighted by molar-refractivity contribution is 7.89. The average Bonchev–Trinajstić information content (AvgIpc) is 2.43. The fourth-order valence-corrected chi connectivity index (χ4v) is 4.98. The first kappa shape index (κ1) is 15.3. The Hall–Kier alpha value is -1.07. The van der Waals surface area contributed by atoms with Crippen LogP contribution in [0, 0.1) is 6.92 Å². The van der Waals surface area contributed by atoms with Gasteiger partial charge in [-0.25, -0.2) is 8.42 Å². The van der Waals surface area contributed by atoms with E-state index in [2.05, 4.69) is 0 Å². The predicted octanol–water partition coefficient (Wildman–Crippen LogP) is 2.92. The van der Waals surface area contributed by atoms with E-state index < -0.39 is 10.0 Å². The predicted molar refractivity (Wildman–Crippen MR) is 82.0 cm³/mol. The molecule has 0 amide bonds. The first-order chi connectivity index (χ1) is 9.48. The number of hydrogen-bond acceptors (Lipinski definition) is 3. The van der Waals surface area contributed by atoms with E-state index in [1.165, 1.54) is 6.42 Å². The minimum absolute atomic E-state index is 0.139. The number of nitrogen functional groups attached to an aromatic ring is 1. The zero-order valence-electron chi connectivity index (χ0n) is 12.3. The first-order valence-electron chi connectivity index (χ1n) is 7.35. The Kier molecular flexibility index (Phi) is 4.70. The van der Waals surface area contributed by atoms with Crippen LogP contribution in [0.5, 0.6) is 0 Å². The molecule has 1 aliphatic rings. The molecule has 0 atom stereocenters. The lowest BCUT2D eigenvalue weighted by molar-refractivity contribution is 0.261. The van der Waals surface area contributed by atoms with Gasteiger partial charge < -0.3 is 5.73 Å². The van der Waals surface area contributed by atoms with Crippen LogP contribution in [-0.2, 0) is 10.0 Å². The molecule has 0 spiro atoms. The van der Waals surface area contributed by atoms with Crippen molar-refractivity contribution < 1.29 is 8.42 Å². The molecule has 0 saturated heterocycles. The van der Waals surface area contributed by atoms with Crippen LogP contribution in [0.4, 0.5) is 5.69 Å². The van der Waals surface area contributed by atoms with Crippen LogP contribution >= 0.6 is 0 Å². The zero-order chi connectivity index (χ0) is 14.8. The van der Waals surface area contributed by atoms with Gasteiger partial charge in [-0.3, -0.25) is 0 Å². The molecular weight excluding hydrogens is 272 g/mol. The van der Waals surface area contributed by atoms with Crippen LogP contribution in [0.25, 0.3) is 0 Å². The standard InChI is InChI=1S/C15H24N2O2S/c1-3-17(13-8-5-4-6-9-13)20(18,19)15-11-7-10-14(16)12(15)2/h7,10-11,13H,3-6,8-9,16H2,1-2H3. The summed E-state index contributed by atoms with van der Waals surface area (Å²) in [7, 11) is -3.45. The van der Waals surface area contributed by atoms with Gasteiger partial charge in [0.15, 0.2) is 0 Å². The molecule has 0 aromatic heterocycles. The highest BCUT2D eigenvalue weighted by atomic mass is 32.2. The second-order valence-corrected chi connectivity index (χ2v) is 7.33. The summed E-state index contributed by atoms with van der Waals surface area (Å²) in [6.45, 7) is 4.20. The Morgan fingerprint density at radius 3 is 2.50 bits per heavy atom. The molecule has 1 fully saturated rings. The van der Waals surface area contributed by atoms with Crippen molar-refractivity contribution >= 4 is 15.7 Å². The van der Waals surface area contributed by atoms with Gasteiger partial charge in [-0.1, -0.05) is 32.3 Å². The Balaban J connectivity index is 2.38. The molecule has 1 saturated carbocycles. The van der Waals surface area contributed by atoms with E-state index in [-0.39, 0.29) is 6.04 Å². The second kappa shape index (κ2) is 6.14. The molecule has 1 aromatic carbocycles. The van der Waals surface area contributed by atoms with Crippen molar-refractivity contribution in [1.82, 2.24) is 4.31 Å². The number of nitrogens with two attached hydrogens (primary N) is 1. The van der Waals surface area contributed by atoms with E-state index in [0.717, 1.165) is 25.7 Å². The van der Waals surface area contributed by atoms with Crippen molar-refractivity contribution in [1.29, 1.82) is 0 Å². The smallest absolute Gasteiger partial charge is 0.243 e. The monoisotopic (exact) mass is 296 g/mol. The Morgan fingerprint density at radius 1 is 1.25 bits per heavy atom. The minimum atomic E-state index is -3.45. The van der Waals surface area contributed by atoms with E-state index in [9.17, 15) is 8.42 Å². The Labute approximate surface area is 122 Å². The highest BCUT2D eigenvalue weighted by Gasteiger charge is 2.32. The number of benzene rings is 1. The van der Waals surface area contributed by atoms with E-state index in [1.807, 2.05) is 6.92 Å². The van der Waals surface area contributed by atoms with E-state index in [4.69, 9.17) is 5.73 Å². The molecule has 0 radical (unpaired) electrons. The number of rotatable bonds is 4. The lowest BCUT2D eigenvalue weighted by Gasteiger charge is -2.33. The van der Waals surface area contributed by atoms with Gasteiger partial charge in [-0.05, 0) is 37.5 Å². The maximum absolute atomic E-state index is 12.9. The summed E-state index contributed by atoms with van der Waals surface area (Å²) in [5, 5.41) is 0. The fraction of sp³-hybridized carbons (Fsp3) is 0.600. The molecule has 2 N–H and O–H groups in total. The fourth-order valence-electron chi connectivity index (χ4n) is 3.03. The molecule has 0 aliphatic heterocycles. The second-order valence-electron chi connectivity index (χ2n) is 5.47. The summed E-state index contributed by atoms with van der Waals surface area (Å²) in [6.07, 6.45) is 5.38. The number of anilines is 1. The molecule has 2 rings (SSSR count). The highest BCUT2D eigenvalue weighted by Crippen LogP contribution is 2.30. The molecular formula is C15H24N2O2S. The largest absolute Gasteiger partial charge is 0.398 e. The summed E-state index contributed by atoms with van der Waals surface area (Å²) in [5.41, 5.74) is 7.04. The van der Waals surface area contributed by atoms with E-state index >= 15 is 0 Å². The number of hydrogen-bond donors (Lipinski definition) is 1. The SMILES string of the molecule is CCN(C1CCCCC1)S(=O)(=O)c1cccc(N)c1C. The van der Waals surface area contributed by atoms with Crippen molar-refractivity contribution in [2.75, 3.05) is 12.3 Å². The molecule has 0 unspecified atom stereocenters. The van der Waals surface area contributed by atoms with Gasteiger partial charge in [0.1, 0.15) is 0 Å². The van der Waals surface area contributed by atoms with Crippen LogP contribution in [0.1, 0.15) is 44.6 Å². The average molecular weight is 296 g/mol. The summed E-state index contributed by atoms with van der Waals surface area (Å²) < 4.78 is 27.5. The van der Waals surface area contributed by atoms with Crippen molar-refractivity contribution in [3.8, 4) is 0 Å². The summed E-state index contributed by atoms with van der Waals surface area (Å²) >= 11 is 0.